The number of ether oxygens (including phenoxy) is 4. The lowest BCUT2D eigenvalue weighted by Crippen LogP contribution is -2.45. The molecule has 0 aromatic carbocycles. The number of nitrogens with zero attached hydrogens (tertiary/aromatic N) is 4. The summed E-state index contributed by atoms with van der Waals surface area (Å²) >= 11 is 0. The highest BCUT2D eigenvalue weighted by Crippen LogP contribution is 2.26. The second-order valence-corrected chi connectivity index (χ2v) is 7.39. The molecule has 8 nitrogen and oxygen atoms in total. The maximum atomic E-state index is 6.12. The molecule has 4 aromatic rings. The number of pyridine rings is 4. The van der Waals surface area contributed by atoms with Gasteiger partial charge in [0, 0.05) is 49.6 Å². The highest BCUT2D eigenvalue weighted by molar-refractivity contribution is 5.20. The number of rotatable bonds is 12. The van der Waals surface area contributed by atoms with Gasteiger partial charge in [0.25, 0.3) is 0 Å². The molecule has 4 heterocycles. The Hall–Kier alpha value is -4.20. The van der Waals surface area contributed by atoms with E-state index in [2.05, 4.69) is 19.9 Å². The first-order chi connectivity index (χ1) is 16.3. The van der Waals surface area contributed by atoms with Crippen molar-refractivity contribution in [2.45, 2.75) is 0 Å². The Balaban J connectivity index is 1.56. The summed E-state index contributed by atoms with van der Waals surface area (Å²) in [5.41, 5.74) is -0.654. The van der Waals surface area contributed by atoms with E-state index in [0.717, 1.165) is 0 Å². The average Bonchev–Trinajstić information content (AvgIpc) is 2.90. The zero-order chi connectivity index (χ0) is 22.6. The van der Waals surface area contributed by atoms with Crippen molar-refractivity contribution in [2.24, 2.45) is 5.41 Å². The van der Waals surface area contributed by atoms with Gasteiger partial charge in [-0.05, 0) is 48.5 Å². The van der Waals surface area contributed by atoms with E-state index >= 15 is 0 Å². The van der Waals surface area contributed by atoms with Gasteiger partial charge in [0.05, 0.1) is 0 Å². The minimum atomic E-state index is -0.654. The Morgan fingerprint density at radius 3 is 0.818 bits per heavy atom. The molecule has 0 amide bonds. The van der Waals surface area contributed by atoms with Crippen LogP contribution < -0.4 is 18.9 Å². The Kier molecular flexibility index (Phi) is 7.62. The Bertz CT molecular complexity index is 891. The fourth-order valence-electron chi connectivity index (χ4n) is 2.93. The van der Waals surface area contributed by atoms with Crippen LogP contribution in [0.3, 0.4) is 0 Å². The van der Waals surface area contributed by atoms with Gasteiger partial charge in [-0.15, -0.1) is 0 Å². The molecule has 4 aromatic heterocycles. The van der Waals surface area contributed by atoms with Crippen LogP contribution >= 0.6 is 0 Å². The van der Waals surface area contributed by atoms with Crippen molar-refractivity contribution in [2.75, 3.05) is 26.4 Å². The Labute approximate surface area is 192 Å². The monoisotopic (exact) mass is 444 g/mol. The molecular weight excluding hydrogens is 420 g/mol. The smallest absolute Gasteiger partial charge is 0.122 e. The van der Waals surface area contributed by atoms with Crippen LogP contribution in [0.5, 0.6) is 23.0 Å². The molecule has 0 saturated carbocycles. The lowest BCUT2D eigenvalue weighted by atomic mass is 9.92. The van der Waals surface area contributed by atoms with E-state index in [1.807, 2.05) is 48.5 Å². The molecule has 168 valence electrons. The second-order valence-electron chi connectivity index (χ2n) is 7.39. The number of hydrogen-bond donors (Lipinski definition) is 0. The molecule has 0 saturated heterocycles. The fourth-order valence-corrected chi connectivity index (χ4v) is 2.93. The number of aromatic nitrogens is 4. The molecule has 33 heavy (non-hydrogen) atoms. The summed E-state index contributed by atoms with van der Waals surface area (Å²) in [6.07, 6.45) is 13.5. The third-order valence-electron chi connectivity index (χ3n) is 4.78. The van der Waals surface area contributed by atoms with Gasteiger partial charge in [0.2, 0.25) is 0 Å². The van der Waals surface area contributed by atoms with Crippen LogP contribution in [0.15, 0.2) is 98.1 Å². The highest BCUT2D eigenvalue weighted by Gasteiger charge is 2.36. The molecule has 0 aliphatic heterocycles. The van der Waals surface area contributed by atoms with E-state index in [-0.39, 0.29) is 26.4 Å². The highest BCUT2D eigenvalue weighted by atomic mass is 16.5. The van der Waals surface area contributed by atoms with Crippen molar-refractivity contribution in [3.63, 3.8) is 0 Å². The Morgan fingerprint density at radius 1 is 0.394 bits per heavy atom. The minimum absolute atomic E-state index is 0.290. The maximum absolute atomic E-state index is 6.12. The number of hydrogen-bond acceptors (Lipinski definition) is 8. The SMILES string of the molecule is c1cc(OCC(COc2ccncc2)(COc2ccncc2)COc2ccncc2)ccn1. The third kappa shape index (κ3) is 6.90. The first-order valence-electron chi connectivity index (χ1n) is 10.4. The first-order valence-corrected chi connectivity index (χ1v) is 10.4. The molecule has 0 spiro atoms. The molecule has 8 heteroatoms. The van der Waals surface area contributed by atoms with Crippen LogP contribution in [0.2, 0.25) is 0 Å². The molecule has 0 aliphatic carbocycles. The molecule has 0 atom stereocenters. The van der Waals surface area contributed by atoms with Gasteiger partial charge in [-0.3, -0.25) is 19.9 Å². The minimum Gasteiger partial charge on any atom is -0.492 e. The van der Waals surface area contributed by atoms with E-state index in [9.17, 15) is 0 Å². The predicted molar refractivity (Wildman–Crippen MR) is 121 cm³/mol. The van der Waals surface area contributed by atoms with Gasteiger partial charge in [0.1, 0.15) is 54.8 Å². The van der Waals surface area contributed by atoms with Crippen LogP contribution in [0.4, 0.5) is 0 Å². The standard InChI is InChI=1S/C25H24N4O4/c1-9-26-10-2-21(1)30-17-25(18-31-22-3-11-27-12-4-22,19-32-23-5-13-28-14-6-23)20-33-24-7-15-29-16-8-24/h1-16H,17-20H2. The zero-order valence-electron chi connectivity index (χ0n) is 18.0. The summed E-state index contributed by atoms with van der Waals surface area (Å²) in [4.78, 5) is 16.2. The molecule has 0 fully saturated rings. The van der Waals surface area contributed by atoms with Crippen molar-refractivity contribution in [3.8, 4) is 23.0 Å². The van der Waals surface area contributed by atoms with Crippen molar-refractivity contribution < 1.29 is 18.9 Å². The van der Waals surface area contributed by atoms with E-state index < -0.39 is 5.41 Å². The Morgan fingerprint density at radius 2 is 0.606 bits per heavy atom. The summed E-state index contributed by atoms with van der Waals surface area (Å²) in [7, 11) is 0. The summed E-state index contributed by atoms with van der Waals surface area (Å²) in [6.45, 7) is 1.16. The van der Waals surface area contributed by atoms with Crippen LogP contribution in [-0.2, 0) is 0 Å². The van der Waals surface area contributed by atoms with Crippen molar-refractivity contribution in [1.29, 1.82) is 0 Å². The van der Waals surface area contributed by atoms with Crippen LogP contribution in [0.1, 0.15) is 0 Å². The lowest BCUT2D eigenvalue weighted by Gasteiger charge is -2.33. The third-order valence-corrected chi connectivity index (χ3v) is 4.78. The summed E-state index contributed by atoms with van der Waals surface area (Å²) in [5.74, 6) is 2.80. The summed E-state index contributed by atoms with van der Waals surface area (Å²) < 4.78 is 24.5. The fraction of sp³-hybridized carbons (Fsp3) is 0.200. The van der Waals surface area contributed by atoms with Crippen LogP contribution in [0, 0.1) is 5.41 Å². The largest absolute Gasteiger partial charge is 0.492 e. The van der Waals surface area contributed by atoms with Gasteiger partial charge in [-0.25, -0.2) is 0 Å². The van der Waals surface area contributed by atoms with Crippen molar-refractivity contribution in [3.05, 3.63) is 98.1 Å². The second kappa shape index (κ2) is 11.4. The van der Waals surface area contributed by atoms with Gasteiger partial charge in [0.15, 0.2) is 0 Å². The van der Waals surface area contributed by atoms with Crippen molar-refractivity contribution >= 4 is 0 Å². The van der Waals surface area contributed by atoms with E-state index in [1.165, 1.54) is 0 Å². The van der Waals surface area contributed by atoms with E-state index in [1.54, 1.807) is 49.6 Å². The normalized spacial score (nSPS) is 10.9. The first kappa shape index (κ1) is 22.0. The van der Waals surface area contributed by atoms with Crippen LogP contribution in [-0.4, -0.2) is 46.4 Å². The van der Waals surface area contributed by atoms with Crippen LogP contribution in [0.25, 0.3) is 0 Å². The molecular formula is C25H24N4O4. The molecule has 4 rings (SSSR count). The maximum Gasteiger partial charge on any atom is 0.122 e. The van der Waals surface area contributed by atoms with Gasteiger partial charge in [-0.2, -0.15) is 0 Å². The molecule has 0 bridgehead atoms. The quantitative estimate of drug-likeness (QED) is 0.325. The summed E-state index contributed by atoms with van der Waals surface area (Å²) in [5, 5.41) is 0. The topological polar surface area (TPSA) is 88.5 Å². The average molecular weight is 444 g/mol. The zero-order valence-corrected chi connectivity index (χ0v) is 18.0. The van der Waals surface area contributed by atoms with E-state index in [0.29, 0.717) is 23.0 Å². The van der Waals surface area contributed by atoms with Gasteiger partial charge >= 0.3 is 0 Å². The molecule has 0 unspecified atom stereocenters. The lowest BCUT2D eigenvalue weighted by molar-refractivity contribution is -0.00359. The van der Waals surface area contributed by atoms with Crippen molar-refractivity contribution in [1.82, 2.24) is 19.9 Å². The molecule has 0 aliphatic rings. The molecule has 0 radical (unpaired) electrons. The summed E-state index contributed by atoms with van der Waals surface area (Å²) in [6, 6.07) is 14.5. The van der Waals surface area contributed by atoms with Gasteiger partial charge < -0.3 is 18.9 Å². The van der Waals surface area contributed by atoms with Gasteiger partial charge in [-0.1, -0.05) is 0 Å². The molecule has 0 N–H and O–H groups in total. The predicted octanol–water partition coefficient (Wildman–Crippen LogP) is 3.87. The van der Waals surface area contributed by atoms with E-state index in [4.69, 9.17) is 18.9 Å².